The predicted octanol–water partition coefficient (Wildman–Crippen LogP) is 3.33. The highest BCUT2D eigenvalue weighted by atomic mass is 127. The third-order valence-corrected chi connectivity index (χ3v) is 3.29. The Kier molecular flexibility index (Phi) is 10.6. The summed E-state index contributed by atoms with van der Waals surface area (Å²) < 4.78 is 24.9. The highest BCUT2D eigenvalue weighted by molar-refractivity contribution is 14.0. The van der Waals surface area contributed by atoms with E-state index in [-0.39, 0.29) is 29.7 Å². The van der Waals surface area contributed by atoms with Gasteiger partial charge in [0.15, 0.2) is 17.5 Å². The average Bonchev–Trinajstić information content (AvgIpc) is 2.64. The van der Waals surface area contributed by atoms with Crippen LogP contribution in [0.25, 0.3) is 0 Å². The molecule has 1 aromatic heterocycles. The van der Waals surface area contributed by atoms with Crippen LogP contribution in [-0.4, -0.2) is 37.7 Å². The molecule has 0 radical (unpaired) electrons. The summed E-state index contributed by atoms with van der Waals surface area (Å²) in [4.78, 5) is 8.05. The lowest BCUT2D eigenvalue weighted by Crippen LogP contribution is -2.38. The van der Waals surface area contributed by atoms with Crippen LogP contribution in [0, 0.1) is 5.82 Å². The van der Waals surface area contributed by atoms with Crippen molar-refractivity contribution in [2.75, 3.05) is 26.8 Å². The molecule has 8 heteroatoms. The second-order valence-electron chi connectivity index (χ2n) is 5.11. The lowest BCUT2D eigenvalue weighted by molar-refractivity contribution is 0.152. The molecule has 0 fully saturated rings. The van der Waals surface area contributed by atoms with Crippen LogP contribution in [0.15, 0.2) is 47.7 Å². The Morgan fingerprint density at radius 3 is 2.77 bits per heavy atom. The molecule has 0 aliphatic carbocycles. The molecular weight excluding hydrogens is 450 g/mol. The van der Waals surface area contributed by atoms with E-state index in [0.717, 1.165) is 5.56 Å². The molecule has 6 nitrogen and oxygen atoms in total. The van der Waals surface area contributed by atoms with Gasteiger partial charge >= 0.3 is 0 Å². The molecule has 0 unspecified atom stereocenters. The van der Waals surface area contributed by atoms with Gasteiger partial charge in [0.1, 0.15) is 5.75 Å². The number of rotatable bonds is 8. The van der Waals surface area contributed by atoms with Crippen molar-refractivity contribution < 1.29 is 13.9 Å². The largest absolute Gasteiger partial charge is 0.453 e. The molecule has 0 spiro atoms. The van der Waals surface area contributed by atoms with E-state index < -0.39 is 5.82 Å². The van der Waals surface area contributed by atoms with E-state index in [4.69, 9.17) is 9.47 Å². The average molecular weight is 474 g/mol. The van der Waals surface area contributed by atoms with Crippen LogP contribution < -0.4 is 15.4 Å². The summed E-state index contributed by atoms with van der Waals surface area (Å²) in [5.74, 6) is 0.861. The summed E-state index contributed by atoms with van der Waals surface area (Å²) in [6.45, 7) is 4.33. The van der Waals surface area contributed by atoms with E-state index in [0.29, 0.717) is 38.0 Å². The van der Waals surface area contributed by atoms with Crippen LogP contribution in [0.1, 0.15) is 12.5 Å². The lowest BCUT2D eigenvalue weighted by Gasteiger charge is -2.12. The SMILES string of the molecule is CCOCCNC(=NC)NCc1ccc(Oc2cccnc2)c(F)c1.I. The van der Waals surface area contributed by atoms with Gasteiger partial charge in [-0.3, -0.25) is 9.98 Å². The number of aromatic nitrogens is 1. The number of guanidine groups is 1. The van der Waals surface area contributed by atoms with E-state index in [1.807, 2.05) is 6.92 Å². The topological polar surface area (TPSA) is 67.8 Å². The lowest BCUT2D eigenvalue weighted by atomic mass is 10.2. The van der Waals surface area contributed by atoms with E-state index in [1.54, 1.807) is 37.5 Å². The zero-order valence-corrected chi connectivity index (χ0v) is 17.2. The summed E-state index contributed by atoms with van der Waals surface area (Å²) in [6, 6.07) is 8.29. The standard InChI is InChI=1S/C18H23FN4O2.HI/c1-3-24-10-9-22-18(20-2)23-12-14-6-7-17(16(19)11-14)25-15-5-4-8-21-13-15;/h4-8,11,13H,3,9-10,12H2,1-2H3,(H2,20,22,23);1H. The molecule has 2 aromatic rings. The molecule has 142 valence electrons. The van der Waals surface area contributed by atoms with Gasteiger partial charge in [0.25, 0.3) is 0 Å². The zero-order chi connectivity index (χ0) is 17.9. The molecule has 2 N–H and O–H groups in total. The Morgan fingerprint density at radius 1 is 1.27 bits per heavy atom. The number of hydrogen-bond acceptors (Lipinski definition) is 4. The Bertz CT molecular complexity index is 686. The normalized spacial score (nSPS) is 10.8. The fraction of sp³-hybridized carbons (Fsp3) is 0.333. The minimum Gasteiger partial charge on any atom is -0.453 e. The summed E-state index contributed by atoms with van der Waals surface area (Å²) in [6.07, 6.45) is 3.17. The molecule has 0 aliphatic rings. The third kappa shape index (κ3) is 7.52. The van der Waals surface area contributed by atoms with Gasteiger partial charge in [-0.1, -0.05) is 6.07 Å². The molecule has 1 heterocycles. The molecule has 0 amide bonds. The number of nitrogens with one attached hydrogen (secondary N) is 2. The van der Waals surface area contributed by atoms with Crippen LogP contribution in [0.3, 0.4) is 0 Å². The number of halogens is 2. The van der Waals surface area contributed by atoms with Crippen LogP contribution in [0.2, 0.25) is 0 Å². The van der Waals surface area contributed by atoms with Gasteiger partial charge in [-0.25, -0.2) is 4.39 Å². The van der Waals surface area contributed by atoms with Crippen molar-refractivity contribution in [1.29, 1.82) is 0 Å². The highest BCUT2D eigenvalue weighted by Gasteiger charge is 2.07. The van der Waals surface area contributed by atoms with Crippen LogP contribution in [-0.2, 0) is 11.3 Å². The molecular formula is C18H24FIN4O2. The van der Waals surface area contributed by atoms with E-state index in [2.05, 4.69) is 20.6 Å². The maximum Gasteiger partial charge on any atom is 0.191 e. The molecule has 0 aliphatic heterocycles. The van der Waals surface area contributed by atoms with Gasteiger partial charge < -0.3 is 20.1 Å². The zero-order valence-electron chi connectivity index (χ0n) is 14.9. The molecule has 1 aromatic carbocycles. The molecule has 26 heavy (non-hydrogen) atoms. The van der Waals surface area contributed by atoms with Gasteiger partial charge in [-0.2, -0.15) is 0 Å². The molecule has 0 bridgehead atoms. The minimum absolute atomic E-state index is 0. The van der Waals surface area contributed by atoms with Crippen LogP contribution in [0.5, 0.6) is 11.5 Å². The van der Waals surface area contributed by atoms with E-state index >= 15 is 0 Å². The fourth-order valence-electron chi connectivity index (χ4n) is 2.06. The van der Waals surface area contributed by atoms with Crippen molar-refractivity contribution in [3.8, 4) is 11.5 Å². The number of aliphatic imine (C=N–C) groups is 1. The van der Waals surface area contributed by atoms with E-state index in [1.165, 1.54) is 12.3 Å². The smallest absolute Gasteiger partial charge is 0.191 e. The molecule has 2 rings (SSSR count). The molecule has 0 atom stereocenters. The van der Waals surface area contributed by atoms with Gasteiger partial charge in [0, 0.05) is 32.9 Å². The Morgan fingerprint density at radius 2 is 2.12 bits per heavy atom. The first-order valence-electron chi connectivity index (χ1n) is 8.11. The van der Waals surface area contributed by atoms with E-state index in [9.17, 15) is 4.39 Å². The Balaban J connectivity index is 0.00000338. The fourth-order valence-corrected chi connectivity index (χ4v) is 2.06. The molecule has 0 saturated heterocycles. The van der Waals surface area contributed by atoms with Crippen molar-refractivity contribution >= 4 is 29.9 Å². The maximum absolute atomic E-state index is 14.2. The van der Waals surface area contributed by atoms with Crippen molar-refractivity contribution in [3.05, 3.63) is 54.1 Å². The van der Waals surface area contributed by atoms with Crippen molar-refractivity contribution in [3.63, 3.8) is 0 Å². The predicted molar refractivity (Wildman–Crippen MR) is 111 cm³/mol. The number of hydrogen-bond donors (Lipinski definition) is 2. The van der Waals surface area contributed by atoms with Crippen LogP contribution >= 0.6 is 24.0 Å². The van der Waals surface area contributed by atoms with Gasteiger partial charge in [-0.15, -0.1) is 24.0 Å². The number of pyridine rings is 1. The summed E-state index contributed by atoms with van der Waals surface area (Å²) in [5.41, 5.74) is 0.781. The first-order chi connectivity index (χ1) is 12.2. The third-order valence-electron chi connectivity index (χ3n) is 3.29. The first-order valence-corrected chi connectivity index (χ1v) is 8.11. The molecule has 0 saturated carbocycles. The maximum atomic E-state index is 14.2. The first kappa shape index (κ1) is 22.1. The van der Waals surface area contributed by atoms with Crippen LogP contribution in [0.4, 0.5) is 4.39 Å². The summed E-state index contributed by atoms with van der Waals surface area (Å²) in [5, 5.41) is 6.25. The second-order valence-corrected chi connectivity index (χ2v) is 5.11. The van der Waals surface area contributed by atoms with Gasteiger partial charge in [-0.05, 0) is 36.8 Å². The Hall–Kier alpha value is -1.94. The monoisotopic (exact) mass is 474 g/mol. The number of benzene rings is 1. The highest BCUT2D eigenvalue weighted by Crippen LogP contribution is 2.24. The quantitative estimate of drug-likeness (QED) is 0.266. The van der Waals surface area contributed by atoms with Gasteiger partial charge in [0.2, 0.25) is 0 Å². The van der Waals surface area contributed by atoms with Crippen molar-refractivity contribution in [2.45, 2.75) is 13.5 Å². The Labute approximate surface area is 170 Å². The number of ether oxygens (including phenoxy) is 2. The summed E-state index contributed by atoms with van der Waals surface area (Å²) in [7, 11) is 1.68. The number of nitrogens with zero attached hydrogens (tertiary/aromatic N) is 2. The second kappa shape index (κ2) is 12.4. The van der Waals surface area contributed by atoms with Crippen molar-refractivity contribution in [1.82, 2.24) is 15.6 Å². The minimum atomic E-state index is -0.428. The van der Waals surface area contributed by atoms with Gasteiger partial charge in [0.05, 0.1) is 12.8 Å². The summed E-state index contributed by atoms with van der Waals surface area (Å²) >= 11 is 0. The van der Waals surface area contributed by atoms with Crippen molar-refractivity contribution in [2.24, 2.45) is 4.99 Å².